The number of carbonyl (C=O) groups excluding carboxylic acids is 2. The predicted molar refractivity (Wildman–Crippen MR) is 105 cm³/mol. The number of aliphatic hydroxyl groups excluding tert-OH is 1. The van der Waals surface area contributed by atoms with Crippen molar-refractivity contribution < 1.29 is 29.0 Å². The van der Waals surface area contributed by atoms with Crippen LogP contribution in [0.25, 0.3) is 0 Å². The molecular weight excluding hydrogens is 346 g/mol. The molecule has 0 aliphatic heterocycles. The van der Waals surface area contributed by atoms with Gasteiger partial charge in [0.1, 0.15) is 6.54 Å². The Hall–Kier alpha value is -1.66. The Labute approximate surface area is 164 Å². The molecule has 0 amide bonds. The van der Waals surface area contributed by atoms with Gasteiger partial charge in [-0.2, -0.15) is 0 Å². The summed E-state index contributed by atoms with van der Waals surface area (Å²) < 4.78 is 5.77. The van der Waals surface area contributed by atoms with E-state index in [0.29, 0.717) is 30.3 Å². The Morgan fingerprint density at radius 1 is 1.15 bits per heavy atom. The maximum absolute atomic E-state index is 11.9. The summed E-state index contributed by atoms with van der Waals surface area (Å²) in [7, 11) is 5.71. The number of esters is 1. The van der Waals surface area contributed by atoms with Crippen LogP contribution >= 0.6 is 0 Å². The lowest BCUT2D eigenvalue weighted by Crippen LogP contribution is -2.45. The molecule has 0 aliphatic rings. The van der Waals surface area contributed by atoms with Gasteiger partial charge in [0, 0.05) is 18.8 Å². The zero-order valence-corrected chi connectivity index (χ0v) is 17.4. The summed E-state index contributed by atoms with van der Waals surface area (Å²) in [6.45, 7) is 2.56. The van der Waals surface area contributed by atoms with Gasteiger partial charge in [-0.25, -0.2) is 0 Å². The topological polar surface area (TPSA) is 86.7 Å². The van der Waals surface area contributed by atoms with E-state index in [4.69, 9.17) is 4.74 Å². The lowest BCUT2D eigenvalue weighted by molar-refractivity contribution is -0.873. The molecule has 2 atom stereocenters. The van der Waals surface area contributed by atoms with Crippen molar-refractivity contribution in [3.63, 3.8) is 0 Å². The summed E-state index contributed by atoms with van der Waals surface area (Å²) >= 11 is 0. The van der Waals surface area contributed by atoms with E-state index in [2.05, 4.69) is 13.0 Å². The third-order valence-corrected chi connectivity index (χ3v) is 3.88. The van der Waals surface area contributed by atoms with Gasteiger partial charge in [0.25, 0.3) is 0 Å². The summed E-state index contributed by atoms with van der Waals surface area (Å²) in [5, 5.41) is 20.8. The first-order valence-electron chi connectivity index (χ1n) is 9.83. The quantitative estimate of drug-likeness (QED) is 0.202. The van der Waals surface area contributed by atoms with Crippen molar-refractivity contribution in [2.45, 2.75) is 70.5 Å². The summed E-state index contributed by atoms with van der Waals surface area (Å²) in [5.41, 5.74) is 0. The highest BCUT2D eigenvalue weighted by molar-refractivity contribution is 5.70. The minimum atomic E-state index is -1.23. The average molecular weight is 384 g/mol. The van der Waals surface area contributed by atoms with Crippen molar-refractivity contribution in [1.82, 2.24) is 0 Å². The van der Waals surface area contributed by atoms with E-state index >= 15 is 0 Å². The Kier molecular flexibility index (Phi) is 13.5. The Bertz CT molecular complexity index is 479. The van der Waals surface area contributed by atoms with Gasteiger partial charge >= 0.3 is 5.97 Å². The van der Waals surface area contributed by atoms with Crippen LogP contribution in [0.5, 0.6) is 0 Å². The Balaban J connectivity index is 4.09. The van der Waals surface area contributed by atoms with Gasteiger partial charge < -0.3 is 24.2 Å². The van der Waals surface area contributed by atoms with Gasteiger partial charge in [0.15, 0.2) is 6.10 Å². The second kappa shape index (κ2) is 14.4. The minimum Gasteiger partial charge on any atom is -0.550 e. The fourth-order valence-electron chi connectivity index (χ4n) is 2.60. The number of nitrogens with zero attached hydrogens (tertiary/aromatic N) is 1. The molecule has 0 aromatic heterocycles. The third kappa shape index (κ3) is 17.5. The van der Waals surface area contributed by atoms with Crippen molar-refractivity contribution in [2.75, 3.05) is 27.7 Å². The van der Waals surface area contributed by atoms with Crippen LogP contribution in [0.2, 0.25) is 0 Å². The number of carboxylic acid groups (broad SMARTS) is 1. The molecule has 0 radical (unpaired) electrons. The zero-order valence-electron chi connectivity index (χ0n) is 17.4. The van der Waals surface area contributed by atoms with E-state index in [1.807, 2.05) is 39.4 Å². The molecule has 0 aromatic carbocycles. The second-order valence-electron chi connectivity index (χ2n) is 7.94. The molecule has 0 saturated carbocycles. The van der Waals surface area contributed by atoms with Gasteiger partial charge in [0.05, 0.1) is 27.2 Å². The number of carboxylic acids is 1. The monoisotopic (exact) mass is 383 g/mol. The molecule has 156 valence electrons. The van der Waals surface area contributed by atoms with Crippen LogP contribution in [0, 0.1) is 0 Å². The van der Waals surface area contributed by atoms with E-state index in [0.717, 1.165) is 6.42 Å². The lowest BCUT2D eigenvalue weighted by atomic mass is 10.1. The van der Waals surface area contributed by atoms with Crippen LogP contribution < -0.4 is 5.11 Å². The van der Waals surface area contributed by atoms with Crippen LogP contribution in [0.1, 0.15) is 58.3 Å². The Morgan fingerprint density at radius 2 is 1.81 bits per heavy atom. The third-order valence-electron chi connectivity index (χ3n) is 3.88. The number of hydrogen-bond acceptors (Lipinski definition) is 5. The maximum atomic E-state index is 11.9. The standard InChI is InChI=1S/C21H37NO5/c1-5-6-7-8-9-10-11-13-18(23)14-12-15-21(26)27-19(16-20(24)25)17-22(2,3)4/h8-11,18-19,23H,5-7,12-17H2,1-4H3/b9-8+,11-10+. The van der Waals surface area contributed by atoms with E-state index in [-0.39, 0.29) is 12.8 Å². The van der Waals surface area contributed by atoms with Gasteiger partial charge in [0.2, 0.25) is 0 Å². The average Bonchev–Trinajstić information content (AvgIpc) is 2.51. The fraction of sp³-hybridized carbons (Fsp3) is 0.714. The summed E-state index contributed by atoms with van der Waals surface area (Å²) in [6.07, 6.45) is 11.6. The summed E-state index contributed by atoms with van der Waals surface area (Å²) in [4.78, 5) is 22.8. The number of allylic oxidation sites excluding steroid dienone is 3. The molecular formula is C21H37NO5. The molecule has 6 heteroatoms. The van der Waals surface area contributed by atoms with E-state index in [1.54, 1.807) is 0 Å². The van der Waals surface area contributed by atoms with Gasteiger partial charge in [-0.1, -0.05) is 44.1 Å². The van der Waals surface area contributed by atoms with Gasteiger partial charge in [-0.3, -0.25) is 4.79 Å². The molecule has 1 N–H and O–H groups in total. The number of hydrogen-bond donors (Lipinski definition) is 1. The molecule has 0 aliphatic carbocycles. The Morgan fingerprint density at radius 3 is 2.41 bits per heavy atom. The first-order chi connectivity index (χ1) is 12.6. The van der Waals surface area contributed by atoms with Gasteiger partial charge in [-0.05, 0) is 25.7 Å². The van der Waals surface area contributed by atoms with E-state index in [9.17, 15) is 19.8 Å². The van der Waals surface area contributed by atoms with Crippen LogP contribution in [-0.4, -0.2) is 61.4 Å². The number of carbonyl (C=O) groups is 2. The number of aliphatic carboxylic acids is 1. The normalized spacial score (nSPS) is 14.6. The lowest BCUT2D eigenvalue weighted by Gasteiger charge is -2.29. The van der Waals surface area contributed by atoms with Crippen LogP contribution in [0.15, 0.2) is 24.3 Å². The highest BCUT2D eigenvalue weighted by Gasteiger charge is 2.22. The summed E-state index contributed by atoms with van der Waals surface area (Å²) in [6, 6.07) is 0. The SMILES string of the molecule is CCCC/C=C/C=C/CC(O)CCCC(=O)OC(CC(=O)[O-])C[N+](C)(C)C. The molecule has 0 heterocycles. The predicted octanol–water partition coefficient (Wildman–Crippen LogP) is 1.97. The van der Waals surface area contributed by atoms with Crippen LogP contribution in [0.3, 0.4) is 0 Å². The highest BCUT2D eigenvalue weighted by Crippen LogP contribution is 2.10. The van der Waals surface area contributed by atoms with Crippen molar-refractivity contribution in [1.29, 1.82) is 0 Å². The maximum Gasteiger partial charge on any atom is 0.306 e. The molecule has 0 aromatic rings. The fourth-order valence-corrected chi connectivity index (χ4v) is 2.60. The summed E-state index contributed by atoms with van der Waals surface area (Å²) in [5.74, 6) is -1.66. The van der Waals surface area contributed by atoms with Crippen molar-refractivity contribution >= 4 is 11.9 Å². The second-order valence-corrected chi connectivity index (χ2v) is 7.94. The minimum absolute atomic E-state index is 0.165. The van der Waals surface area contributed by atoms with Crippen LogP contribution in [-0.2, 0) is 14.3 Å². The first-order valence-corrected chi connectivity index (χ1v) is 9.83. The van der Waals surface area contributed by atoms with E-state index < -0.39 is 24.1 Å². The van der Waals surface area contributed by atoms with Crippen LogP contribution in [0.4, 0.5) is 0 Å². The molecule has 0 fully saturated rings. The number of aliphatic hydroxyl groups is 1. The molecule has 0 spiro atoms. The largest absolute Gasteiger partial charge is 0.550 e. The number of ether oxygens (including phenoxy) is 1. The smallest absolute Gasteiger partial charge is 0.306 e. The number of unbranched alkanes of at least 4 members (excludes halogenated alkanes) is 2. The van der Waals surface area contributed by atoms with Crippen molar-refractivity contribution in [3.8, 4) is 0 Å². The molecule has 0 bridgehead atoms. The molecule has 0 rings (SSSR count). The molecule has 0 saturated heterocycles. The number of likely N-dealkylation sites (N-methyl/N-ethyl adjacent to an activating group) is 1. The highest BCUT2D eigenvalue weighted by atomic mass is 16.5. The van der Waals surface area contributed by atoms with Crippen molar-refractivity contribution in [2.24, 2.45) is 0 Å². The van der Waals surface area contributed by atoms with Crippen molar-refractivity contribution in [3.05, 3.63) is 24.3 Å². The number of rotatable bonds is 15. The van der Waals surface area contributed by atoms with Gasteiger partial charge in [-0.15, -0.1) is 0 Å². The molecule has 27 heavy (non-hydrogen) atoms. The molecule has 2 unspecified atom stereocenters. The zero-order chi connectivity index (χ0) is 20.7. The molecule has 6 nitrogen and oxygen atoms in total. The first kappa shape index (κ1) is 25.3. The van der Waals surface area contributed by atoms with E-state index in [1.165, 1.54) is 12.8 Å². The number of quaternary nitrogens is 1.